The Kier molecular flexibility index (Phi) is 7.65. The van der Waals surface area contributed by atoms with Crippen LogP contribution in [0.2, 0.25) is 0 Å². The Bertz CT molecular complexity index is 62.3. The molecule has 1 N–H and O–H groups in total. The second-order valence-electron chi connectivity index (χ2n) is 2.39. The van der Waals surface area contributed by atoms with Crippen LogP contribution in [0.15, 0.2) is 0 Å². The average Bonchev–Trinajstić information content (AvgIpc) is 1.99. The first-order valence-corrected chi connectivity index (χ1v) is 5.12. The van der Waals surface area contributed by atoms with Gasteiger partial charge in [-0.1, -0.05) is 13.8 Å². The molecule has 0 saturated carbocycles. The smallest absolute Gasteiger partial charge is 0.0438 e. The predicted octanol–water partition coefficient (Wildman–Crippen LogP) is 2.29. The van der Waals surface area contributed by atoms with Crippen molar-refractivity contribution in [2.24, 2.45) is 0 Å². The molecule has 0 aliphatic rings. The van der Waals surface area contributed by atoms with Crippen molar-refractivity contribution in [3.05, 3.63) is 0 Å². The molecular weight excluding hydrogens is 144 g/mol. The van der Waals surface area contributed by atoms with Gasteiger partial charge in [0.25, 0.3) is 0 Å². The first kappa shape index (κ1) is 10.3. The number of hydrogen-bond acceptors (Lipinski definition) is 2. The van der Waals surface area contributed by atoms with Gasteiger partial charge in [-0.05, 0) is 25.0 Å². The van der Waals surface area contributed by atoms with Crippen molar-refractivity contribution in [2.45, 2.75) is 38.4 Å². The normalized spacial score (nSPS) is 10.8. The van der Waals surface area contributed by atoms with Crippen LogP contribution < -0.4 is 0 Å². The summed E-state index contributed by atoms with van der Waals surface area (Å²) in [6.45, 7) is 4.79. The predicted molar refractivity (Wildman–Crippen MR) is 48.5 cm³/mol. The molecule has 0 radical (unpaired) electrons. The van der Waals surface area contributed by atoms with E-state index in [0.717, 1.165) is 17.4 Å². The lowest BCUT2D eigenvalue weighted by Gasteiger charge is -2.10. The Morgan fingerprint density at radius 1 is 1.30 bits per heavy atom. The van der Waals surface area contributed by atoms with Gasteiger partial charge in [0.15, 0.2) is 0 Å². The number of hydrogen-bond donors (Lipinski definition) is 1. The average molecular weight is 162 g/mol. The topological polar surface area (TPSA) is 20.2 Å². The van der Waals surface area contributed by atoms with Crippen molar-refractivity contribution in [1.29, 1.82) is 0 Å². The Balaban J connectivity index is 3.09. The lowest BCUT2D eigenvalue weighted by molar-refractivity contribution is 0.296. The summed E-state index contributed by atoms with van der Waals surface area (Å²) in [5.74, 6) is 1.11. The van der Waals surface area contributed by atoms with Crippen LogP contribution in [0.3, 0.4) is 0 Å². The highest BCUT2D eigenvalue weighted by molar-refractivity contribution is 7.99. The van der Waals surface area contributed by atoms with Crippen LogP contribution >= 0.6 is 11.8 Å². The molecule has 0 spiro atoms. The van der Waals surface area contributed by atoms with Gasteiger partial charge in [-0.15, -0.1) is 0 Å². The fraction of sp³-hybridized carbons (Fsp3) is 1.00. The summed E-state index contributed by atoms with van der Waals surface area (Å²) in [5, 5.41) is 9.32. The van der Waals surface area contributed by atoms with Crippen LogP contribution in [-0.2, 0) is 0 Å². The molecule has 0 aliphatic carbocycles. The second-order valence-corrected chi connectivity index (χ2v) is 3.79. The molecule has 10 heavy (non-hydrogen) atoms. The zero-order chi connectivity index (χ0) is 7.82. The number of thioether (sulfide) groups is 1. The molecule has 0 rings (SSSR count). The molecule has 0 atom stereocenters. The first-order chi connectivity index (χ1) is 4.85. The molecule has 0 aliphatic heterocycles. The Labute approximate surface area is 68.2 Å². The van der Waals surface area contributed by atoms with Crippen LogP contribution in [0.1, 0.15) is 33.1 Å². The minimum Gasteiger partial charge on any atom is -0.396 e. The van der Waals surface area contributed by atoms with Gasteiger partial charge < -0.3 is 5.11 Å². The fourth-order valence-electron chi connectivity index (χ4n) is 0.839. The van der Waals surface area contributed by atoms with Gasteiger partial charge in [-0.25, -0.2) is 0 Å². The third-order valence-corrected chi connectivity index (χ3v) is 3.23. The van der Waals surface area contributed by atoms with E-state index in [2.05, 4.69) is 13.8 Å². The molecule has 1 nitrogen and oxygen atoms in total. The van der Waals surface area contributed by atoms with Crippen molar-refractivity contribution in [2.75, 3.05) is 12.4 Å². The maximum Gasteiger partial charge on any atom is 0.0438 e. The summed E-state index contributed by atoms with van der Waals surface area (Å²) in [7, 11) is 0. The third kappa shape index (κ3) is 5.12. The van der Waals surface area contributed by atoms with E-state index in [4.69, 9.17) is 5.11 Å². The zero-order valence-corrected chi connectivity index (χ0v) is 7.78. The molecule has 0 heterocycles. The fourth-order valence-corrected chi connectivity index (χ4v) is 1.94. The molecular formula is C8H18OS. The largest absolute Gasteiger partial charge is 0.396 e. The van der Waals surface area contributed by atoms with E-state index < -0.39 is 0 Å². The van der Waals surface area contributed by atoms with Gasteiger partial charge in [0.1, 0.15) is 0 Å². The third-order valence-electron chi connectivity index (χ3n) is 1.57. The van der Waals surface area contributed by atoms with Crippen molar-refractivity contribution in [3.63, 3.8) is 0 Å². The molecule has 0 saturated heterocycles. The van der Waals surface area contributed by atoms with E-state index in [9.17, 15) is 0 Å². The summed E-state index contributed by atoms with van der Waals surface area (Å²) in [5.41, 5.74) is 0. The standard InChI is InChI=1S/C8H18OS/c1-3-8(4-2)10-7-5-6-9/h8-9H,3-7H2,1-2H3. The SMILES string of the molecule is CCC(CC)SCCCO. The quantitative estimate of drug-likeness (QED) is 0.605. The van der Waals surface area contributed by atoms with Crippen LogP contribution in [0.5, 0.6) is 0 Å². The lowest BCUT2D eigenvalue weighted by Crippen LogP contribution is -2.00. The molecule has 0 bridgehead atoms. The van der Waals surface area contributed by atoms with Gasteiger partial charge in [0.2, 0.25) is 0 Å². The van der Waals surface area contributed by atoms with Crippen molar-refractivity contribution in [1.82, 2.24) is 0 Å². The molecule has 0 fully saturated rings. The number of aliphatic hydroxyl groups excluding tert-OH is 1. The monoisotopic (exact) mass is 162 g/mol. The second kappa shape index (κ2) is 7.42. The van der Waals surface area contributed by atoms with E-state index in [1.807, 2.05) is 11.8 Å². The van der Waals surface area contributed by atoms with Crippen molar-refractivity contribution < 1.29 is 5.11 Å². The zero-order valence-electron chi connectivity index (χ0n) is 6.97. The Morgan fingerprint density at radius 2 is 1.90 bits per heavy atom. The van der Waals surface area contributed by atoms with Crippen molar-refractivity contribution in [3.8, 4) is 0 Å². The summed E-state index contributed by atoms with van der Waals surface area (Å²) < 4.78 is 0. The van der Waals surface area contributed by atoms with E-state index in [1.54, 1.807) is 0 Å². The maximum atomic E-state index is 8.51. The highest BCUT2D eigenvalue weighted by Gasteiger charge is 2.01. The first-order valence-electron chi connectivity index (χ1n) is 4.07. The highest BCUT2D eigenvalue weighted by atomic mass is 32.2. The van der Waals surface area contributed by atoms with Gasteiger partial charge in [0, 0.05) is 11.9 Å². The van der Waals surface area contributed by atoms with Gasteiger partial charge in [0.05, 0.1) is 0 Å². The van der Waals surface area contributed by atoms with Gasteiger partial charge in [-0.2, -0.15) is 11.8 Å². The minimum atomic E-state index is 0.340. The highest BCUT2D eigenvalue weighted by Crippen LogP contribution is 2.17. The molecule has 0 amide bonds. The lowest BCUT2D eigenvalue weighted by atomic mass is 10.3. The van der Waals surface area contributed by atoms with Gasteiger partial charge in [-0.3, -0.25) is 0 Å². The molecule has 0 unspecified atom stereocenters. The number of aliphatic hydroxyl groups is 1. The Morgan fingerprint density at radius 3 is 2.30 bits per heavy atom. The maximum absolute atomic E-state index is 8.51. The van der Waals surface area contributed by atoms with Crippen molar-refractivity contribution >= 4 is 11.8 Å². The molecule has 0 aromatic rings. The van der Waals surface area contributed by atoms with E-state index in [-0.39, 0.29) is 0 Å². The molecule has 0 aromatic heterocycles. The minimum absolute atomic E-state index is 0.340. The summed E-state index contributed by atoms with van der Waals surface area (Å²) in [6, 6.07) is 0. The van der Waals surface area contributed by atoms with E-state index in [1.165, 1.54) is 12.8 Å². The van der Waals surface area contributed by atoms with E-state index in [0.29, 0.717) is 6.61 Å². The summed E-state index contributed by atoms with van der Waals surface area (Å²) in [4.78, 5) is 0. The van der Waals surface area contributed by atoms with Crippen LogP contribution in [0.4, 0.5) is 0 Å². The van der Waals surface area contributed by atoms with E-state index >= 15 is 0 Å². The van der Waals surface area contributed by atoms with Gasteiger partial charge >= 0.3 is 0 Å². The summed E-state index contributed by atoms with van der Waals surface area (Å²) in [6.07, 6.45) is 3.46. The van der Waals surface area contributed by atoms with Crippen LogP contribution in [-0.4, -0.2) is 22.7 Å². The Hall–Kier alpha value is 0.310. The molecule has 0 aromatic carbocycles. The number of rotatable bonds is 6. The van der Waals surface area contributed by atoms with Crippen LogP contribution in [0.25, 0.3) is 0 Å². The van der Waals surface area contributed by atoms with Crippen LogP contribution in [0, 0.1) is 0 Å². The summed E-state index contributed by atoms with van der Waals surface area (Å²) >= 11 is 1.99. The molecule has 62 valence electrons. The molecule has 2 heteroatoms.